The molecule has 5 heteroatoms. The highest BCUT2D eigenvalue weighted by Crippen LogP contribution is 2.21. The molecule has 1 N–H and O–H groups in total. The smallest absolute Gasteiger partial charge is 0.328 e. The first-order valence-corrected chi connectivity index (χ1v) is 4.86. The number of carbonyl (C=O) groups is 1. The molecule has 5 nitrogen and oxygen atoms in total. The largest absolute Gasteiger partial charge is 0.480 e. The predicted molar refractivity (Wildman–Crippen MR) is 49.0 cm³/mol. The summed E-state index contributed by atoms with van der Waals surface area (Å²) in [5.74, 6) is -0.858. The molecule has 1 unspecified atom stereocenters. The van der Waals surface area contributed by atoms with Crippen LogP contribution in [0.1, 0.15) is 37.2 Å². The van der Waals surface area contributed by atoms with E-state index in [0.29, 0.717) is 0 Å². The molecule has 1 aromatic heterocycles. The van der Waals surface area contributed by atoms with Gasteiger partial charge in [0.05, 0.1) is 11.4 Å². The Morgan fingerprint density at radius 2 is 2.21 bits per heavy atom. The van der Waals surface area contributed by atoms with Crippen LogP contribution in [0.3, 0.4) is 0 Å². The molecule has 0 aliphatic heterocycles. The Morgan fingerprint density at radius 3 is 2.93 bits per heavy atom. The van der Waals surface area contributed by atoms with Crippen LogP contribution < -0.4 is 0 Å². The number of hydrogen-bond donors (Lipinski definition) is 1. The van der Waals surface area contributed by atoms with Crippen LogP contribution in [-0.4, -0.2) is 26.1 Å². The Labute approximate surface area is 81.7 Å². The van der Waals surface area contributed by atoms with Gasteiger partial charge in [0.25, 0.3) is 0 Å². The van der Waals surface area contributed by atoms with E-state index in [1.165, 1.54) is 4.68 Å². The minimum atomic E-state index is -0.858. The van der Waals surface area contributed by atoms with Gasteiger partial charge < -0.3 is 5.11 Å². The van der Waals surface area contributed by atoms with Gasteiger partial charge in [0.2, 0.25) is 0 Å². The van der Waals surface area contributed by atoms with Gasteiger partial charge in [-0.25, -0.2) is 9.48 Å². The van der Waals surface area contributed by atoms with E-state index >= 15 is 0 Å². The molecule has 0 spiro atoms. The third-order valence-corrected chi connectivity index (χ3v) is 2.67. The van der Waals surface area contributed by atoms with Gasteiger partial charge in [0.1, 0.15) is 6.04 Å². The predicted octanol–water partition coefficient (Wildman–Crippen LogP) is 0.802. The summed E-state index contributed by atoms with van der Waals surface area (Å²) in [5, 5.41) is 16.8. The Hall–Kier alpha value is -1.39. The molecule has 0 amide bonds. The molecule has 1 atom stereocenters. The number of aromatic nitrogens is 3. The molecule has 0 bridgehead atoms. The van der Waals surface area contributed by atoms with Crippen molar-refractivity contribution < 1.29 is 9.90 Å². The van der Waals surface area contributed by atoms with E-state index in [1.54, 1.807) is 6.92 Å². The lowest BCUT2D eigenvalue weighted by Gasteiger charge is -2.14. The van der Waals surface area contributed by atoms with Crippen LogP contribution >= 0.6 is 0 Å². The number of hydrogen-bond acceptors (Lipinski definition) is 3. The van der Waals surface area contributed by atoms with Gasteiger partial charge in [0, 0.05) is 0 Å². The van der Waals surface area contributed by atoms with Gasteiger partial charge in [-0.1, -0.05) is 5.21 Å². The van der Waals surface area contributed by atoms with Crippen molar-refractivity contribution in [3.63, 3.8) is 0 Å². The monoisotopic (exact) mass is 195 g/mol. The van der Waals surface area contributed by atoms with Gasteiger partial charge >= 0.3 is 5.97 Å². The quantitative estimate of drug-likeness (QED) is 0.758. The van der Waals surface area contributed by atoms with Crippen LogP contribution in [0.15, 0.2) is 0 Å². The van der Waals surface area contributed by atoms with Crippen molar-refractivity contribution in [3.8, 4) is 0 Å². The van der Waals surface area contributed by atoms with Crippen molar-refractivity contribution >= 4 is 5.97 Å². The van der Waals surface area contributed by atoms with E-state index in [-0.39, 0.29) is 0 Å². The fourth-order valence-corrected chi connectivity index (χ4v) is 1.80. The summed E-state index contributed by atoms with van der Waals surface area (Å²) < 4.78 is 1.54. The lowest BCUT2D eigenvalue weighted by atomic mass is 10.0. The molecule has 1 aromatic rings. The zero-order valence-electron chi connectivity index (χ0n) is 8.10. The Morgan fingerprint density at radius 1 is 1.50 bits per heavy atom. The zero-order chi connectivity index (χ0) is 10.1. The molecule has 0 saturated carbocycles. The van der Waals surface area contributed by atoms with Crippen molar-refractivity contribution in [2.45, 2.75) is 38.6 Å². The van der Waals surface area contributed by atoms with Crippen molar-refractivity contribution in [1.29, 1.82) is 0 Å². The van der Waals surface area contributed by atoms with E-state index in [1.807, 2.05) is 0 Å². The van der Waals surface area contributed by atoms with Crippen LogP contribution in [0.25, 0.3) is 0 Å². The Balaban J connectivity index is 2.34. The molecule has 0 aromatic carbocycles. The average molecular weight is 195 g/mol. The van der Waals surface area contributed by atoms with E-state index in [2.05, 4.69) is 10.3 Å². The molecule has 2 rings (SSSR count). The second-order valence-corrected chi connectivity index (χ2v) is 3.65. The highest BCUT2D eigenvalue weighted by atomic mass is 16.4. The van der Waals surface area contributed by atoms with Gasteiger partial charge in [-0.15, -0.1) is 5.10 Å². The van der Waals surface area contributed by atoms with E-state index in [0.717, 1.165) is 37.1 Å². The summed E-state index contributed by atoms with van der Waals surface area (Å²) >= 11 is 0. The third kappa shape index (κ3) is 1.38. The van der Waals surface area contributed by atoms with Gasteiger partial charge in [0.15, 0.2) is 0 Å². The maximum Gasteiger partial charge on any atom is 0.328 e. The summed E-state index contributed by atoms with van der Waals surface area (Å²) in [6.45, 7) is 1.63. The molecule has 76 valence electrons. The number of fused-ring (bicyclic) bond motifs is 1. The third-order valence-electron chi connectivity index (χ3n) is 2.67. The SMILES string of the molecule is CC(C(=O)O)n1nnc2c1CCCC2. The Bertz CT molecular complexity index is 359. The van der Waals surface area contributed by atoms with Crippen LogP contribution in [0.5, 0.6) is 0 Å². The minimum Gasteiger partial charge on any atom is -0.480 e. The van der Waals surface area contributed by atoms with Gasteiger partial charge in [-0.05, 0) is 32.6 Å². The lowest BCUT2D eigenvalue weighted by Crippen LogP contribution is -2.20. The van der Waals surface area contributed by atoms with Crippen LogP contribution in [-0.2, 0) is 17.6 Å². The van der Waals surface area contributed by atoms with Crippen LogP contribution in [0.4, 0.5) is 0 Å². The van der Waals surface area contributed by atoms with E-state index in [4.69, 9.17) is 5.11 Å². The number of aryl methyl sites for hydroxylation is 1. The highest BCUT2D eigenvalue weighted by Gasteiger charge is 2.23. The minimum absolute atomic E-state index is 0.607. The zero-order valence-corrected chi connectivity index (χ0v) is 8.10. The van der Waals surface area contributed by atoms with Crippen LogP contribution in [0.2, 0.25) is 0 Å². The number of nitrogens with zero attached hydrogens (tertiary/aromatic N) is 3. The van der Waals surface area contributed by atoms with Gasteiger partial charge in [-0.3, -0.25) is 0 Å². The van der Waals surface area contributed by atoms with Crippen molar-refractivity contribution in [2.24, 2.45) is 0 Å². The standard InChI is InChI=1S/C9H13N3O2/c1-6(9(13)14)12-8-5-3-2-4-7(8)10-11-12/h6H,2-5H2,1H3,(H,13,14). The summed E-state index contributed by atoms with van der Waals surface area (Å²) in [5.41, 5.74) is 1.98. The molecular formula is C9H13N3O2. The molecule has 0 radical (unpaired) electrons. The maximum atomic E-state index is 10.8. The number of carboxylic acids is 1. The second-order valence-electron chi connectivity index (χ2n) is 3.65. The molecule has 0 fully saturated rings. The number of carboxylic acid groups (broad SMARTS) is 1. The Kier molecular flexibility index (Phi) is 2.23. The summed E-state index contributed by atoms with van der Waals surface area (Å²) in [7, 11) is 0. The van der Waals surface area contributed by atoms with Crippen molar-refractivity contribution in [3.05, 3.63) is 11.4 Å². The van der Waals surface area contributed by atoms with E-state index < -0.39 is 12.0 Å². The van der Waals surface area contributed by atoms with Crippen LogP contribution in [0, 0.1) is 0 Å². The first-order chi connectivity index (χ1) is 6.70. The van der Waals surface area contributed by atoms with Crippen molar-refractivity contribution in [2.75, 3.05) is 0 Å². The first kappa shape index (κ1) is 9.18. The second kappa shape index (κ2) is 3.40. The molecule has 14 heavy (non-hydrogen) atoms. The lowest BCUT2D eigenvalue weighted by molar-refractivity contribution is -0.140. The summed E-state index contributed by atoms with van der Waals surface area (Å²) in [4.78, 5) is 10.8. The van der Waals surface area contributed by atoms with E-state index in [9.17, 15) is 4.79 Å². The molecule has 1 aliphatic carbocycles. The van der Waals surface area contributed by atoms with Crippen molar-refractivity contribution in [1.82, 2.24) is 15.0 Å². The first-order valence-electron chi connectivity index (χ1n) is 4.86. The summed E-state index contributed by atoms with van der Waals surface area (Å²) in [6, 6.07) is -0.607. The number of rotatable bonds is 2. The maximum absolute atomic E-state index is 10.8. The molecule has 1 heterocycles. The highest BCUT2D eigenvalue weighted by molar-refractivity contribution is 5.71. The molecule has 0 saturated heterocycles. The number of aliphatic carboxylic acids is 1. The average Bonchev–Trinajstić information content (AvgIpc) is 2.60. The topological polar surface area (TPSA) is 68.0 Å². The summed E-state index contributed by atoms with van der Waals surface area (Å²) in [6.07, 6.45) is 4.07. The fraction of sp³-hybridized carbons (Fsp3) is 0.667. The normalized spacial score (nSPS) is 17.5. The fourth-order valence-electron chi connectivity index (χ4n) is 1.80. The van der Waals surface area contributed by atoms with Gasteiger partial charge in [-0.2, -0.15) is 0 Å². The molecular weight excluding hydrogens is 182 g/mol. The molecule has 1 aliphatic rings.